The molecule has 2 aliphatic heterocycles. The monoisotopic (exact) mass is 519 g/mol. The molecular weight excluding hydrogens is 492 g/mol. The van der Waals surface area contributed by atoms with Crippen LogP contribution >= 0.6 is 0 Å². The molecule has 2 atom stereocenters. The number of hydrogen-bond donors (Lipinski definition) is 1. The van der Waals surface area contributed by atoms with E-state index in [4.69, 9.17) is 0 Å². The van der Waals surface area contributed by atoms with E-state index in [1.807, 2.05) is 0 Å². The van der Waals surface area contributed by atoms with Gasteiger partial charge in [0.15, 0.2) is 0 Å². The minimum absolute atomic E-state index is 0.115. The molecule has 2 amide bonds. The van der Waals surface area contributed by atoms with E-state index in [9.17, 15) is 31.9 Å². The molecular formula is C25H27F2N3O5S. The number of sulfonamides is 1. The van der Waals surface area contributed by atoms with E-state index in [1.54, 1.807) is 49.4 Å². The van der Waals surface area contributed by atoms with Crippen LogP contribution in [0, 0.1) is 5.92 Å². The molecule has 192 valence electrons. The molecule has 36 heavy (non-hydrogen) atoms. The number of rotatable bonds is 3. The predicted octanol–water partition coefficient (Wildman–Crippen LogP) is 4.55. The maximum Gasteiger partial charge on any atom is 0.412 e. The number of benzene rings is 2. The molecule has 1 saturated heterocycles. The molecule has 0 spiro atoms. The Morgan fingerprint density at radius 2 is 1.64 bits per heavy atom. The van der Waals surface area contributed by atoms with Gasteiger partial charge in [0.25, 0.3) is 0 Å². The minimum Gasteiger partial charge on any atom is -0.465 e. The van der Waals surface area contributed by atoms with E-state index in [-0.39, 0.29) is 17.3 Å². The van der Waals surface area contributed by atoms with Gasteiger partial charge in [-0.25, -0.2) is 22.0 Å². The predicted molar refractivity (Wildman–Crippen MR) is 132 cm³/mol. The Kier molecular flexibility index (Phi) is 5.73. The van der Waals surface area contributed by atoms with Crippen molar-refractivity contribution in [2.24, 2.45) is 5.92 Å². The van der Waals surface area contributed by atoms with Crippen molar-refractivity contribution < 1.29 is 31.9 Å². The standard InChI is InChI=1S/C25H27F2N3O5S/c1-15-23(19-13-25(26,27)14-19)30(24(32)33)22-12-18(6-9-21(22)29(15)16(2)31)17-4-7-20(8-5-17)28-10-3-11-36(28,34)35/h4-9,12,15,19,23H,3,10-11,13-14H2,1-2H3,(H,32,33)/t15-,23?/m0/s1. The summed E-state index contributed by atoms with van der Waals surface area (Å²) in [5.74, 6) is -3.59. The maximum absolute atomic E-state index is 13.7. The number of nitrogens with zero attached hydrogens (tertiary/aromatic N) is 3. The average molecular weight is 520 g/mol. The molecule has 0 aromatic heterocycles. The van der Waals surface area contributed by atoms with E-state index in [2.05, 4.69) is 0 Å². The number of fused-ring (bicyclic) bond motifs is 1. The van der Waals surface area contributed by atoms with Gasteiger partial charge in [-0.1, -0.05) is 18.2 Å². The van der Waals surface area contributed by atoms with Crippen molar-refractivity contribution in [1.29, 1.82) is 0 Å². The lowest BCUT2D eigenvalue weighted by atomic mass is 9.72. The van der Waals surface area contributed by atoms with Crippen LogP contribution in [0.3, 0.4) is 0 Å². The van der Waals surface area contributed by atoms with Crippen molar-refractivity contribution >= 4 is 39.1 Å². The van der Waals surface area contributed by atoms with Crippen LogP contribution in [-0.4, -0.2) is 55.8 Å². The number of alkyl halides is 2. The molecule has 1 unspecified atom stereocenters. The second-order valence-corrected chi connectivity index (χ2v) is 11.8. The normalized spacial score (nSPS) is 24.8. The van der Waals surface area contributed by atoms with Crippen LogP contribution in [0.5, 0.6) is 0 Å². The van der Waals surface area contributed by atoms with Crippen molar-refractivity contribution in [2.45, 2.75) is 51.1 Å². The maximum atomic E-state index is 13.7. The first kappa shape index (κ1) is 24.5. The van der Waals surface area contributed by atoms with Crippen LogP contribution < -0.4 is 14.1 Å². The lowest BCUT2D eigenvalue weighted by Crippen LogP contribution is -2.63. The molecule has 11 heteroatoms. The number of amides is 2. The Morgan fingerprint density at radius 1 is 1.00 bits per heavy atom. The van der Waals surface area contributed by atoms with Crippen LogP contribution in [0.2, 0.25) is 0 Å². The second-order valence-electron chi connectivity index (χ2n) is 9.79. The third-order valence-electron chi connectivity index (χ3n) is 7.43. The van der Waals surface area contributed by atoms with E-state index >= 15 is 0 Å². The fraction of sp³-hybridized carbons (Fsp3) is 0.440. The first-order chi connectivity index (χ1) is 16.9. The average Bonchev–Trinajstić information content (AvgIpc) is 3.14. The first-order valence-electron chi connectivity index (χ1n) is 11.8. The van der Waals surface area contributed by atoms with Crippen molar-refractivity contribution in [3.63, 3.8) is 0 Å². The van der Waals surface area contributed by atoms with Crippen molar-refractivity contribution in [3.05, 3.63) is 42.5 Å². The highest BCUT2D eigenvalue weighted by Crippen LogP contribution is 2.51. The molecule has 2 fully saturated rings. The summed E-state index contributed by atoms with van der Waals surface area (Å²) in [5, 5.41) is 10.1. The Balaban J connectivity index is 1.55. The summed E-state index contributed by atoms with van der Waals surface area (Å²) in [6.07, 6.45) is -1.54. The van der Waals surface area contributed by atoms with E-state index in [0.29, 0.717) is 29.9 Å². The van der Waals surface area contributed by atoms with Crippen molar-refractivity contribution in [3.8, 4) is 11.1 Å². The van der Waals surface area contributed by atoms with Crippen LogP contribution in [0.15, 0.2) is 42.5 Å². The summed E-state index contributed by atoms with van der Waals surface area (Å²) < 4.78 is 53.3. The summed E-state index contributed by atoms with van der Waals surface area (Å²) in [6, 6.07) is 10.6. The molecule has 3 aliphatic rings. The first-order valence-corrected chi connectivity index (χ1v) is 13.5. The summed E-state index contributed by atoms with van der Waals surface area (Å²) in [6.45, 7) is 3.50. The van der Waals surface area contributed by atoms with E-state index < -0.39 is 52.9 Å². The minimum atomic E-state index is -3.32. The molecule has 0 bridgehead atoms. The summed E-state index contributed by atoms with van der Waals surface area (Å²) in [7, 11) is -3.32. The second kappa shape index (κ2) is 8.43. The van der Waals surface area contributed by atoms with Gasteiger partial charge >= 0.3 is 6.09 Å². The summed E-state index contributed by atoms with van der Waals surface area (Å²) in [4.78, 5) is 27.6. The third kappa shape index (κ3) is 3.99. The van der Waals surface area contributed by atoms with Gasteiger partial charge in [0.05, 0.1) is 34.9 Å². The highest BCUT2D eigenvalue weighted by atomic mass is 32.2. The number of carbonyl (C=O) groups is 2. The molecule has 1 aliphatic carbocycles. The molecule has 0 radical (unpaired) electrons. The number of carbonyl (C=O) groups excluding carboxylic acids is 1. The van der Waals surface area contributed by atoms with Crippen LogP contribution in [0.4, 0.5) is 30.6 Å². The Morgan fingerprint density at radius 3 is 2.17 bits per heavy atom. The largest absolute Gasteiger partial charge is 0.465 e. The SMILES string of the molecule is CC(=O)N1c2ccc(-c3ccc(N4CCCS4(=O)=O)cc3)cc2N(C(=O)O)C(C2CC(F)(F)C2)[C@@H]1C. The van der Waals surface area contributed by atoms with Gasteiger partial charge in [-0.2, -0.15) is 0 Å². The Bertz CT molecular complexity index is 1320. The van der Waals surface area contributed by atoms with E-state index in [1.165, 1.54) is 16.1 Å². The smallest absolute Gasteiger partial charge is 0.412 e. The molecule has 2 heterocycles. The third-order valence-corrected chi connectivity index (χ3v) is 9.30. The fourth-order valence-electron chi connectivity index (χ4n) is 5.84. The molecule has 8 nitrogen and oxygen atoms in total. The van der Waals surface area contributed by atoms with Gasteiger partial charge < -0.3 is 10.0 Å². The topological polar surface area (TPSA) is 98.2 Å². The molecule has 2 aromatic rings. The molecule has 1 saturated carbocycles. The van der Waals surface area contributed by atoms with Crippen molar-refractivity contribution in [2.75, 3.05) is 26.4 Å². The molecule has 2 aromatic carbocycles. The summed E-state index contributed by atoms with van der Waals surface area (Å²) >= 11 is 0. The van der Waals surface area contributed by atoms with Gasteiger partial charge in [-0.15, -0.1) is 0 Å². The van der Waals surface area contributed by atoms with Crippen LogP contribution in [0.25, 0.3) is 11.1 Å². The number of halogens is 2. The number of carboxylic acid groups (broad SMARTS) is 1. The number of anilines is 3. The molecule has 5 rings (SSSR count). The fourth-order valence-corrected chi connectivity index (χ4v) is 7.40. The molecule has 1 N–H and O–H groups in total. The van der Waals surface area contributed by atoms with Gasteiger partial charge in [0.1, 0.15) is 0 Å². The number of hydrogen-bond acceptors (Lipinski definition) is 4. The zero-order valence-electron chi connectivity index (χ0n) is 19.9. The summed E-state index contributed by atoms with van der Waals surface area (Å²) in [5.41, 5.74) is 2.61. The van der Waals surface area contributed by atoms with Crippen molar-refractivity contribution in [1.82, 2.24) is 0 Å². The lowest BCUT2D eigenvalue weighted by molar-refractivity contribution is -0.121. The van der Waals surface area contributed by atoms with Gasteiger partial charge in [0.2, 0.25) is 21.9 Å². The zero-order valence-corrected chi connectivity index (χ0v) is 20.7. The van der Waals surface area contributed by atoms with Crippen LogP contribution in [0.1, 0.15) is 33.1 Å². The quantitative estimate of drug-likeness (QED) is 0.642. The van der Waals surface area contributed by atoms with E-state index in [0.717, 1.165) is 10.5 Å². The highest BCUT2D eigenvalue weighted by molar-refractivity contribution is 7.93. The highest BCUT2D eigenvalue weighted by Gasteiger charge is 2.55. The van der Waals surface area contributed by atoms with Gasteiger partial charge in [0, 0.05) is 26.3 Å². The van der Waals surface area contributed by atoms with Gasteiger partial charge in [-0.05, 0) is 54.7 Å². The lowest BCUT2D eigenvalue weighted by Gasteiger charge is -2.52. The Labute approximate surface area is 208 Å². The zero-order chi connectivity index (χ0) is 26.0. The Hall–Kier alpha value is -3.21. The van der Waals surface area contributed by atoms with Gasteiger partial charge in [-0.3, -0.25) is 14.0 Å². The van der Waals surface area contributed by atoms with Crippen LogP contribution in [-0.2, 0) is 14.8 Å².